The number of rotatable bonds is 7. The summed E-state index contributed by atoms with van der Waals surface area (Å²) in [6.07, 6.45) is 0.0287. The number of ether oxygens (including phenoxy) is 3. The number of anilines is 1. The van der Waals surface area contributed by atoms with Crippen molar-refractivity contribution in [3.63, 3.8) is 0 Å². The highest BCUT2D eigenvalue weighted by Gasteiger charge is 2.39. The molecule has 0 unspecified atom stereocenters. The second-order valence-corrected chi connectivity index (χ2v) is 9.10. The molecule has 1 N–H and O–H groups in total. The minimum atomic E-state index is -0.579. The van der Waals surface area contributed by atoms with Crippen molar-refractivity contribution in [2.75, 3.05) is 19.2 Å². The van der Waals surface area contributed by atoms with Gasteiger partial charge in [-0.3, -0.25) is 14.5 Å². The van der Waals surface area contributed by atoms with E-state index in [1.54, 1.807) is 36.3 Å². The highest BCUT2D eigenvalue weighted by atomic mass is 32.2. The summed E-state index contributed by atoms with van der Waals surface area (Å²) in [6.45, 7) is 0.494. The summed E-state index contributed by atoms with van der Waals surface area (Å²) in [4.78, 5) is 32.4. The van der Waals surface area contributed by atoms with Crippen LogP contribution in [0.25, 0.3) is 0 Å². The fourth-order valence-corrected chi connectivity index (χ4v) is 4.92. The van der Waals surface area contributed by atoms with Crippen LogP contribution in [0.5, 0.6) is 17.2 Å². The number of aliphatic imine (C=N–C) groups is 1. The van der Waals surface area contributed by atoms with Crippen LogP contribution in [0, 0.1) is 0 Å². The summed E-state index contributed by atoms with van der Waals surface area (Å²) in [5.74, 6) is 1.63. The van der Waals surface area contributed by atoms with E-state index < -0.39 is 5.25 Å². The molecule has 1 fully saturated rings. The molecule has 0 aromatic heterocycles. The van der Waals surface area contributed by atoms with Gasteiger partial charge in [-0.2, -0.15) is 0 Å². The lowest BCUT2D eigenvalue weighted by atomic mass is 10.1. The molecule has 0 radical (unpaired) electrons. The molecular weight excluding hydrogens is 466 g/mol. The van der Waals surface area contributed by atoms with Crippen LogP contribution in [-0.2, 0) is 16.1 Å². The van der Waals surface area contributed by atoms with Crippen LogP contribution in [0.15, 0.2) is 77.8 Å². The van der Waals surface area contributed by atoms with Gasteiger partial charge in [0.1, 0.15) is 11.0 Å². The minimum Gasteiger partial charge on any atom is -0.497 e. The third-order valence-electron chi connectivity index (χ3n) is 5.52. The van der Waals surface area contributed by atoms with E-state index in [2.05, 4.69) is 5.32 Å². The van der Waals surface area contributed by atoms with Crippen molar-refractivity contribution in [1.29, 1.82) is 0 Å². The fourth-order valence-electron chi connectivity index (χ4n) is 3.76. The fraction of sp³-hybridized carbons (Fsp3) is 0.192. The molecule has 9 heteroatoms. The van der Waals surface area contributed by atoms with Gasteiger partial charge in [0.2, 0.25) is 18.6 Å². The lowest BCUT2D eigenvalue weighted by Gasteiger charge is -2.17. The third kappa shape index (κ3) is 5.25. The molecule has 2 aliphatic heterocycles. The molecule has 178 valence electrons. The summed E-state index contributed by atoms with van der Waals surface area (Å²) in [7, 11) is 1.58. The van der Waals surface area contributed by atoms with Crippen molar-refractivity contribution in [2.24, 2.45) is 4.99 Å². The Balaban J connectivity index is 1.34. The second kappa shape index (κ2) is 10.1. The Bertz CT molecular complexity index is 1260. The van der Waals surface area contributed by atoms with Gasteiger partial charge >= 0.3 is 0 Å². The van der Waals surface area contributed by atoms with Crippen molar-refractivity contribution >= 4 is 40.1 Å². The van der Waals surface area contributed by atoms with Crippen molar-refractivity contribution in [3.05, 3.63) is 78.4 Å². The van der Waals surface area contributed by atoms with E-state index in [-0.39, 0.29) is 25.0 Å². The number of hydrogen-bond acceptors (Lipinski definition) is 7. The van der Waals surface area contributed by atoms with E-state index in [1.807, 2.05) is 48.5 Å². The van der Waals surface area contributed by atoms with Gasteiger partial charge in [-0.25, -0.2) is 4.99 Å². The summed E-state index contributed by atoms with van der Waals surface area (Å²) in [5.41, 5.74) is 2.26. The molecule has 3 aromatic carbocycles. The van der Waals surface area contributed by atoms with E-state index in [1.165, 1.54) is 11.8 Å². The number of nitrogens with zero attached hydrogens (tertiary/aromatic N) is 2. The van der Waals surface area contributed by atoms with Gasteiger partial charge in [-0.15, -0.1) is 0 Å². The number of fused-ring (bicyclic) bond motifs is 1. The normalized spacial score (nSPS) is 17.6. The molecule has 5 rings (SSSR count). The number of amides is 2. The van der Waals surface area contributed by atoms with Gasteiger partial charge in [0, 0.05) is 12.1 Å². The summed E-state index contributed by atoms with van der Waals surface area (Å²) >= 11 is 1.30. The molecule has 0 aliphatic carbocycles. The smallest absolute Gasteiger partial charge is 0.242 e. The summed E-state index contributed by atoms with van der Waals surface area (Å²) in [6, 6.07) is 22.1. The van der Waals surface area contributed by atoms with Crippen molar-refractivity contribution in [1.82, 2.24) is 4.90 Å². The monoisotopic (exact) mass is 489 g/mol. The van der Waals surface area contributed by atoms with Gasteiger partial charge < -0.3 is 19.5 Å². The lowest BCUT2D eigenvalue weighted by Crippen LogP contribution is -2.33. The Morgan fingerprint density at radius 2 is 1.86 bits per heavy atom. The van der Waals surface area contributed by atoms with Crippen LogP contribution in [0.4, 0.5) is 11.4 Å². The summed E-state index contributed by atoms with van der Waals surface area (Å²) < 4.78 is 16.0. The number of carbonyl (C=O) groups excluding carboxylic acids is 2. The highest BCUT2D eigenvalue weighted by Crippen LogP contribution is 2.36. The van der Waals surface area contributed by atoms with E-state index >= 15 is 0 Å². The molecular formula is C26H23N3O5S. The molecule has 3 aromatic rings. The van der Waals surface area contributed by atoms with Gasteiger partial charge in [0.05, 0.1) is 19.3 Å². The van der Waals surface area contributed by atoms with Crippen molar-refractivity contribution < 1.29 is 23.8 Å². The van der Waals surface area contributed by atoms with E-state index in [4.69, 9.17) is 19.2 Å². The SMILES string of the molecule is COc1ccc(NC(=O)C[C@H]2SC(=Nc3ccccc3)N(Cc3ccc4c(c3)OCO4)C2=O)cc1. The zero-order valence-electron chi connectivity index (χ0n) is 19.0. The maximum absolute atomic E-state index is 13.4. The lowest BCUT2D eigenvalue weighted by molar-refractivity contribution is -0.128. The van der Waals surface area contributed by atoms with Gasteiger partial charge in [0.25, 0.3) is 0 Å². The third-order valence-corrected chi connectivity index (χ3v) is 6.70. The molecule has 8 nitrogen and oxygen atoms in total. The highest BCUT2D eigenvalue weighted by molar-refractivity contribution is 8.15. The molecule has 2 amide bonds. The number of hydrogen-bond donors (Lipinski definition) is 1. The van der Waals surface area contributed by atoms with Crippen LogP contribution in [0.2, 0.25) is 0 Å². The molecule has 1 atom stereocenters. The van der Waals surface area contributed by atoms with E-state index in [0.717, 1.165) is 11.3 Å². The molecule has 35 heavy (non-hydrogen) atoms. The number of amidine groups is 1. The first-order valence-corrected chi connectivity index (χ1v) is 11.9. The van der Waals surface area contributed by atoms with Gasteiger partial charge in [-0.05, 0) is 54.1 Å². The minimum absolute atomic E-state index is 0.0287. The Hall–Kier alpha value is -3.98. The first-order valence-electron chi connectivity index (χ1n) is 11.0. The van der Waals surface area contributed by atoms with Crippen LogP contribution in [0.1, 0.15) is 12.0 Å². The number of benzene rings is 3. The number of methoxy groups -OCH3 is 1. The Morgan fingerprint density at radius 3 is 2.63 bits per heavy atom. The van der Waals surface area contributed by atoms with Gasteiger partial charge in [0.15, 0.2) is 16.7 Å². The molecule has 0 saturated carbocycles. The Morgan fingerprint density at radius 1 is 1.09 bits per heavy atom. The maximum Gasteiger partial charge on any atom is 0.242 e. The molecule has 0 bridgehead atoms. The summed E-state index contributed by atoms with van der Waals surface area (Å²) in [5, 5.41) is 2.83. The molecule has 2 heterocycles. The number of thioether (sulfide) groups is 1. The molecule has 2 aliphatic rings. The standard InChI is InChI=1S/C26H23N3O5S/c1-32-20-10-8-19(9-11-20)27-24(30)14-23-25(31)29(26(35-23)28-18-5-3-2-4-6-18)15-17-7-12-21-22(13-17)34-16-33-21/h2-13,23H,14-16H2,1H3,(H,27,30)/t23-/m1/s1. The Labute approximate surface area is 206 Å². The van der Waals surface area contributed by atoms with E-state index in [9.17, 15) is 9.59 Å². The van der Waals surface area contributed by atoms with Crippen LogP contribution < -0.4 is 19.5 Å². The van der Waals surface area contributed by atoms with Crippen molar-refractivity contribution in [3.8, 4) is 17.2 Å². The second-order valence-electron chi connectivity index (χ2n) is 7.93. The predicted molar refractivity (Wildman–Crippen MR) is 134 cm³/mol. The first-order chi connectivity index (χ1) is 17.1. The topological polar surface area (TPSA) is 89.5 Å². The zero-order valence-corrected chi connectivity index (χ0v) is 19.8. The average molecular weight is 490 g/mol. The van der Waals surface area contributed by atoms with Crippen LogP contribution in [-0.4, -0.2) is 41.0 Å². The van der Waals surface area contributed by atoms with Crippen LogP contribution >= 0.6 is 11.8 Å². The number of para-hydroxylation sites is 1. The zero-order chi connectivity index (χ0) is 24.2. The molecule has 1 saturated heterocycles. The van der Waals surface area contributed by atoms with Crippen LogP contribution in [0.3, 0.4) is 0 Å². The number of carbonyl (C=O) groups is 2. The predicted octanol–water partition coefficient (Wildman–Crippen LogP) is 4.58. The average Bonchev–Trinajstić information content (AvgIpc) is 3.45. The maximum atomic E-state index is 13.4. The van der Waals surface area contributed by atoms with E-state index in [0.29, 0.717) is 34.6 Å². The number of nitrogens with one attached hydrogen (secondary N) is 1. The first kappa shape index (κ1) is 22.8. The van der Waals surface area contributed by atoms with Gasteiger partial charge in [-0.1, -0.05) is 36.0 Å². The Kier molecular flexibility index (Phi) is 6.58. The quantitative estimate of drug-likeness (QED) is 0.522. The largest absolute Gasteiger partial charge is 0.497 e. The molecule has 0 spiro atoms. The van der Waals surface area contributed by atoms with Crippen molar-refractivity contribution in [2.45, 2.75) is 18.2 Å².